The summed E-state index contributed by atoms with van der Waals surface area (Å²) in [4.78, 5) is 20.4. The zero-order valence-corrected chi connectivity index (χ0v) is 14.9. The van der Waals surface area contributed by atoms with E-state index >= 15 is 0 Å². The van der Waals surface area contributed by atoms with Crippen LogP contribution in [-0.4, -0.2) is 28.3 Å². The van der Waals surface area contributed by atoms with Crippen LogP contribution in [0.15, 0.2) is 41.8 Å². The second kappa shape index (κ2) is 6.19. The van der Waals surface area contributed by atoms with Gasteiger partial charge >= 0.3 is 0 Å². The van der Waals surface area contributed by atoms with E-state index in [-0.39, 0.29) is 11.8 Å². The SMILES string of the molecule is Cc1[nH]c2ccccc2c1C(=O)[C@@H](C)N1CCC[C@@H]1c1cccs1. The Labute approximate surface area is 146 Å². The number of hydrogen-bond donors (Lipinski definition) is 1. The molecule has 0 bridgehead atoms. The van der Waals surface area contributed by atoms with Crippen molar-refractivity contribution in [3.05, 3.63) is 57.9 Å². The number of aromatic amines is 1. The largest absolute Gasteiger partial charge is 0.358 e. The first-order valence-electron chi connectivity index (χ1n) is 8.57. The number of nitrogens with one attached hydrogen (secondary N) is 1. The van der Waals surface area contributed by atoms with Gasteiger partial charge in [0.05, 0.1) is 6.04 Å². The molecule has 1 aromatic carbocycles. The van der Waals surface area contributed by atoms with E-state index in [0.29, 0.717) is 6.04 Å². The molecule has 3 aromatic rings. The zero-order chi connectivity index (χ0) is 16.7. The fourth-order valence-electron chi connectivity index (χ4n) is 3.99. The van der Waals surface area contributed by atoms with Crippen LogP contribution in [0.25, 0.3) is 10.9 Å². The molecule has 1 fully saturated rings. The lowest BCUT2D eigenvalue weighted by molar-refractivity contribution is 0.0823. The van der Waals surface area contributed by atoms with E-state index in [1.54, 1.807) is 11.3 Å². The molecule has 0 unspecified atom stereocenters. The number of carbonyl (C=O) groups is 1. The lowest BCUT2D eigenvalue weighted by Crippen LogP contribution is -2.38. The molecule has 4 heteroatoms. The highest BCUT2D eigenvalue weighted by Crippen LogP contribution is 2.37. The van der Waals surface area contributed by atoms with E-state index in [4.69, 9.17) is 0 Å². The monoisotopic (exact) mass is 338 g/mol. The number of carbonyl (C=O) groups excluding carboxylic acids is 1. The molecule has 0 saturated carbocycles. The minimum Gasteiger partial charge on any atom is -0.358 e. The van der Waals surface area contributed by atoms with Gasteiger partial charge in [-0.25, -0.2) is 0 Å². The van der Waals surface area contributed by atoms with E-state index in [1.807, 2.05) is 31.2 Å². The second-order valence-electron chi connectivity index (χ2n) is 6.62. The predicted molar refractivity (Wildman–Crippen MR) is 99.8 cm³/mol. The summed E-state index contributed by atoms with van der Waals surface area (Å²) in [6.07, 6.45) is 2.30. The van der Waals surface area contributed by atoms with Crippen molar-refractivity contribution in [2.75, 3.05) is 6.54 Å². The number of para-hydroxylation sites is 1. The summed E-state index contributed by atoms with van der Waals surface area (Å²) in [6, 6.07) is 12.7. The number of benzene rings is 1. The summed E-state index contributed by atoms with van der Waals surface area (Å²) >= 11 is 1.80. The molecule has 0 aliphatic carbocycles. The van der Waals surface area contributed by atoms with Crippen LogP contribution in [0.2, 0.25) is 0 Å². The Kier molecular flexibility index (Phi) is 4.02. The van der Waals surface area contributed by atoms with Gasteiger partial charge in [-0.05, 0) is 50.7 Å². The summed E-state index contributed by atoms with van der Waals surface area (Å²) in [5.74, 6) is 0.230. The molecule has 3 nitrogen and oxygen atoms in total. The topological polar surface area (TPSA) is 36.1 Å². The van der Waals surface area contributed by atoms with Crippen molar-refractivity contribution < 1.29 is 4.79 Å². The van der Waals surface area contributed by atoms with Gasteiger partial charge in [-0.3, -0.25) is 9.69 Å². The highest BCUT2D eigenvalue weighted by molar-refractivity contribution is 7.10. The van der Waals surface area contributed by atoms with Gasteiger partial charge in [-0.1, -0.05) is 24.3 Å². The Balaban J connectivity index is 1.67. The zero-order valence-electron chi connectivity index (χ0n) is 14.1. The molecule has 0 spiro atoms. The highest BCUT2D eigenvalue weighted by atomic mass is 32.1. The Morgan fingerprint density at radius 1 is 1.29 bits per heavy atom. The molecular weight excluding hydrogens is 316 g/mol. The van der Waals surface area contributed by atoms with Gasteiger partial charge in [-0.15, -0.1) is 11.3 Å². The van der Waals surface area contributed by atoms with Gasteiger partial charge in [-0.2, -0.15) is 0 Å². The number of nitrogens with zero attached hydrogens (tertiary/aromatic N) is 1. The summed E-state index contributed by atoms with van der Waals surface area (Å²) in [5.41, 5.74) is 2.87. The van der Waals surface area contributed by atoms with E-state index in [9.17, 15) is 4.79 Å². The number of aryl methyl sites for hydroxylation is 1. The van der Waals surface area contributed by atoms with E-state index in [0.717, 1.165) is 41.5 Å². The van der Waals surface area contributed by atoms with Gasteiger partial charge in [0.2, 0.25) is 0 Å². The number of ketones is 1. The minimum absolute atomic E-state index is 0.0995. The molecule has 2 aromatic heterocycles. The number of Topliss-reactive ketones (excluding diaryl/α,β-unsaturated/α-hetero) is 1. The van der Waals surface area contributed by atoms with Crippen LogP contribution < -0.4 is 0 Å². The smallest absolute Gasteiger partial charge is 0.182 e. The number of likely N-dealkylation sites (tertiary alicyclic amines) is 1. The number of hydrogen-bond acceptors (Lipinski definition) is 3. The average molecular weight is 338 g/mol. The number of aromatic nitrogens is 1. The summed E-state index contributed by atoms with van der Waals surface area (Å²) in [6.45, 7) is 5.06. The number of thiophene rings is 1. The molecule has 1 aliphatic heterocycles. The van der Waals surface area contributed by atoms with Crippen LogP contribution in [0.1, 0.15) is 46.7 Å². The van der Waals surface area contributed by atoms with Crippen molar-refractivity contribution in [3.8, 4) is 0 Å². The maximum absolute atomic E-state index is 13.3. The molecule has 3 heterocycles. The van der Waals surface area contributed by atoms with E-state index in [2.05, 4.69) is 34.3 Å². The Bertz CT molecular complexity index is 865. The van der Waals surface area contributed by atoms with Gasteiger partial charge in [0.1, 0.15) is 0 Å². The third kappa shape index (κ3) is 2.50. The molecule has 2 atom stereocenters. The van der Waals surface area contributed by atoms with Gasteiger partial charge in [0.15, 0.2) is 5.78 Å². The fourth-order valence-corrected chi connectivity index (χ4v) is 4.87. The highest BCUT2D eigenvalue weighted by Gasteiger charge is 2.34. The fraction of sp³-hybridized carbons (Fsp3) is 0.350. The van der Waals surface area contributed by atoms with Crippen LogP contribution in [0.4, 0.5) is 0 Å². The maximum atomic E-state index is 13.3. The first-order valence-corrected chi connectivity index (χ1v) is 9.45. The Hall–Kier alpha value is -1.91. The first kappa shape index (κ1) is 15.6. The van der Waals surface area contributed by atoms with Crippen molar-refractivity contribution in [3.63, 3.8) is 0 Å². The average Bonchev–Trinajstić information content (AvgIpc) is 3.31. The normalized spacial score (nSPS) is 19.8. The quantitative estimate of drug-likeness (QED) is 0.684. The van der Waals surface area contributed by atoms with Crippen LogP contribution in [-0.2, 0) is 0 Å². The third-order valence-electron chi connectivity index (χ3n) is 5.18. The minimum atomic E-state index is -0.0995. The van der Waals surface area contributed by atoms with Crippen LogP contribution >= 0.6 is 11.3 Å². The molecular formula is C20H22N2OS. The van der Waals surface area contributed by atoms with Crippen LogP contribution in [0.3, 0.4) is 0 Å². The third-order valence-corrected chi connectivity index (χ3v) is 6.16. The molecule has 124 valence electrons. The van der Waals surface area contributed by atoms with Crippen molar-refractivity contribution in [2.45, 2.75) is 38.8 Å². The van der Waals surface area contributed by atoms with Crippen LogP contribution in [0, 0.1) is 6.92 Å². The summed E-state index contributed by atoms with van der Waals surface area (Å²) in [5, 5.41) is 3.17. The molecule has 1 saturated heterocycles. The number of fused-ring (bicyclic) bond motifs is 1. The van der Waals surface area contributed by atoms with Crippen molar-refractivity contribution in [1.82, 2.24) is 9.88 Å². The van der Waals surface area contributed by atoms with E-state index < -0.39 is 0 Å². The second-order valence-corrected chi connectivity index (χ2v) is 7.60. The summed E-state index contributed by atoms with van der Waals surface area (Å²) in [7, 11) is 0. The van der Waals surface area contributed by atoms with E-state index in [1.165, 1.54) is 4.88 Å². The first-order chi connectivity index (χ1) is 11.7. The lowest BCUT2D eigenvalue weighted by atomic mass is 10.00. The molecule has 24 heavy (non-hydrogen) atoms. The predicted octanol–water partition coefficient (Wildman–Crippen LogP) is 4.95. The molecule has 0 radical (unpaired) electrons. The van der Waals surface area contributed by atoms with Crippen LogP contribution in [0.5, 0.6) is 0 Å². The molecule has 4 rings (SSSR count). The van der Waals surface area contributed by atoms with Gasteiger partial charge in [0, 0.05) is 33.1 Å². The molecule has 0 amide bonds. The van der Waals surface area contributed by atoms with Gasteiger partial charge in [0.25, 0.3) is 0 Å². The number of rotatable bonds is 4. The standard InChI is InChI=1S/C20H22N2OS/c1-13-19(15-7-3-4-8-16(15)21-13)20(23)14(2)22-11-5-9-17(22)18-10-6-12-24-18/h3-4,6-8,10,12,14,17,21H,5,9,11H2,1-2H3/t14-,17-/m1/s1. The van der Waals surface area contributed by atoms with Crippen molar-refractivity contribution in [1.29, 1.82) is 0 Å². The molecule has 1 N–H and O–H groups in total. The molecule has 1 aliphatic rings. The van der Waals surface area contributed by atoms with Gasteiger partial charge < -0.3 is 4.98 Å². The Morgan fingerprint density at radius 2 is 2.12 bits per heavy atom. The summed E-state index contributed by atoms with van der Waals surface area (Å²) < 4.78 is 0. The van der Waals surface area contributed by atoms with Crippen molar-refractivity contribution >= 4 is 28.0 Å². The lowest BCUT2D eigenvalue weighted by Gasteiger charge is -2.29. The van der Waals surface area contributed by atoms with Crippen molar-refractivity contribution in [2.24, 2.45) is 0 Å². The Morgan fingerprint density at radius 3 is 2.92 bits per heavy atom. The number of H-pyrrole nitrogens is 1. The maximum Gasteiger partial charge on any atom is 0.182 e.